The number of nitrogens with zero attached hydrogens (tertiary/aromatic N) is 1. The van der Waals surface area contributed by atoms with Gasteiger partial charge in [-0.25, -0.2) is 4.79 Å². The summed E-state index contributed by atoms with van der Waals surface area (Å²) in [7, 11) is 0. The van der Waals surface area contributed by atoms with E-state index in [9.17, 15) is 9.59 Å². The smallest absolute Gasteiger partial charge is 0.407 e. The molecule has 2 amide bonds. The minimum atomic E-state index is -0.554. The van der Waals surface area contributed by atoms with Crippen LogP contribution in [0.1, 0.15) is 47.1 Å². The largest absolute Gasteiger partial charge is 0.444 e. The summed E-state index contributed by atoms with van der Waals surface area (Å²) in [5.41, 5.74) is 0.496. The van der Waals surface area contributed by atoms with Crippen LogP contribution < -0.4 is 5.32 Å². The molecule has 146 valence electrons. The molecule has 26 heavy (non-hydrogen) atoms. The normalized spacial score (nSPS) is 13.8. The van der Waals surface area contributed by atoms with E-state index in [4.69, 9.17) is 4.74 Å². The first-order chi connectivity index (χ1) is 12.0. The van der Waals surface area contributed by atoms with Crippen LogP contribution in [0.3, 0.4) is 0 Å². The van der Waals surface area contributed by atoms with E-state index in [1.807, 2.05) is 71.9 Å². The van der Waals surface area contributed by atoms with E-state index in [1.165, 1.54) is 0 Å². The topological polar surface area (TPSA) is 58.6 Å². The fraction of sp³-hybridized carbons (Fsp3) is 0.600. The third-order valence-corrected chi connectivity index (χ3v) is 5.06. The Bertz CT molecular complexity index is 584. The van der Waals surface area contributed by atoms with E-state index >= 15 is 0 Å². The van der Waals surface area contributed by atoms with Crippen molar-refractivity contribution in [2.45, 2.75) is 64.6 Å². The van der Waals surface area contributed by atoms with Crippen molar-refractivity contribution in [2.75, 3.05) is 6.54 Å². The molecular weight excluding hydrogens is 396 g/mol. The molecule has 0 saturated carbocycles. The maximum absolute atomic E-state index is 12.9. The standard InChI is InChI=1S/C20H31BrN2O3/c1-14(2)17(21)18(24)23(13-16-10-8-7-9-11-16)12-15(3)22-19(25)26-20(4,5)6/h7-11,14-15,17H,12-13H2,1-6H3,(H,22,25). The summed E-state index contributed by atoms with van der Waals surface area (Å²) in [6.45, 7) is 12.2. The summed E-state index contributed by atoms with van der Waals surface area (Å²) in [5, 5.41) is 2.81. The Balaban J connectivity index is 2.81. The van der Waals surface area contributed by atoms with Gasteiger partial charge < -0.3 is 15.0 Å². The Hall–Kier alpha value is -1.56. The fourth-order valence-electron chi connectivity index (χ4n) is 2.38. The van der Waals surface area contributed by atoms with Gasteiger partial charge in [0.2, 0.25) is 5.91 Å². The van der Waals surface area contributed by atoms with Crippen molar-refractivity contribution in [3.05, 3.63) is 35.9 Å². The maximum atomic E-state index is 12.9. The van der Waals surface area contributed by atoms with Crippen molar-refractivity contribution >= 4 is 27.9 Å². The van der Waals surface area contributed by atoms with Gasteiger partial charge in [-0.1, -0.05) is 60.1 Å². The van der Waals surface area contributed by atoms with E-state index in [-0.39, 0.29) is 22.7 Å². The van der Waals surface area contributed by atoms with Crippen LogP contribution in [0.4, 0.5) is 4.79 Å². The van der Waals surface area contributed by atoms with Crippen molar-refractivity contribution in [1.82, 2.24) is 10.2 Å². The van der Waals surface area contributed by atoms with Crippen LogP contribution in [0, 0.1) is 5.92 Å². The molecule has 1 aromatic carbocycles. The van der Waals surface area contributed by atoms with Crippen LogP contribution in [-0.2, 0) is 16.1 Å². The van der Waals surface area contributed by atoms with Crippen molar-refractivity contribution < 1.29 is 14.3 Å². The van der Waals surface area contributed by atoms with Crippen LogP contribution in [0.5, 0.6) is 0 Å². The number of ether oxygens (including phenoxy) is 1. The molecule has 5 nitrogen and oxygen atoms in total. The molecule has 2 atom stereocenters. The summed E-state index contributed by atoms with van der Waals surface area (Å²) >= 11 is 3.50. The third kappa shape index (κ3) is 8.21. The molecule has 1 aromatic rings. The van der Waals surface area contributed by atoms with Crippen LogP contribution in [0.25, 0.3) is 0 Å². The Kier molecular flexibility index (Phi) is 8.60. The lowest BCUT2D eigenvalue weighted by Crippen LogP contribution is -2.47. The van der Waals surface area contributed by atoms with E-state index in [1.54, 1.807) is 4.90 Å². The molecule has 0 radical (unpaired) electrons. The summed E-state index contributed by atoms with van der Waals surface area (Å²) in [5.74, 6) is 0.191. The molecule has 0 aliphatic carbocycles. The zero-order valence-corrected chi connectivity index (χ0v) is 18.2. The second-order valence-electron chi connectivity index (χ2n) is 7.90. The molecule has 0 bridgehead atoms. The number of hydrogen-bond acceptors (Lipinski definition) is 3. The highest BCUT2D eigenvalue weighted by Gasteiger charge is 2.27. The van der Waals surface area contributed by atoms with E-state index in [0.29, 0.717) is 13.1 Å². The SMILES string of the molecule is CC(CN(Cc1ccccc1)C(=O)C(Br)C(C)C)NC(=O)OC(C)(C)C. The average Bonchev–Trinajstić information content (AvgIpc) is 2.51. The number of halogens is 1. The lowest BCUT2D eigenvalue weighted by atomic mass is 10.1. The van der Waals surface area contributed by atoms with Gasteiger partial charge in [0.1, 0.15) is 5.60 Å². The number of carbonyl (C=O) groups excluding carboxylic acids is 2. The molecule has 0 aliphatic heterocycles. The Morgan fingerprint density at radius 1 is 1.15 bits per heavy atom. The number of rotatable bonds is 7. The van der Waals surface area contributed by atoms with Crippen molar-refractivity contribution in [1.29, 1.82) is 0 Å². The first-order valence-electron chi connectivity index (χ1n) is 8.96. The Morgan fingerprint density at radius 2 is 1.73 bits per heavy atom. The Morgan fingerprint density at radius 3 is 2.23 bits per heavy atom. The van der Waals surface area contributed by atoms with Gasteiger partial charge in [0.25, 0.3) is 0 Å². The summed E-state index contributed by atoms with van der Waals surface area (Å²) in [4.78, 5) is 26.4. The van der Waals surface area contributed by atoms with Crippen molar-refractivity contribution in [3.63, 3.8) is 0 Å². The molecule has 0 saturated heterocycles. The molecule has 0 fully saturated rings. The van der Waals surface area contributed by atoms with Gasteiger partial charge in [0.05, 0.1) is 4.83 Å². The van der Waals surface area contributed by atoms with Crippen molar-refractivity contribution in [3.8, 4) is 0 Å². The molecule has 1 N–H and O–H groups in total. The quantitative estimate of drug-likeness (QED) is 0.659. The van der Waals surface area contributed by atoms with Gasteiger partial charge in [-0.2, -0.15) is 0 Å². The van der Waals surface area contributed by atoms with Gasteiger partial charge in [0.15, 0.2) is 0 Å². The molecule has 0 aromatic heterocycles. The first kappa shape index (κ1) is 22.5. The monoisotopic (exact) mass is 426 g/mol. The van der Waals surface area contributed by atoms with E-state index < -0.39 is 11.7 Å². The number of nitrogens with one attached hydrogen (secondary N) is 1. The van der Waals surface area contributed by atoms with Gasteiger partial charge in [-0.15, -0.1) is 0 Å². The van der Waals surface area contributed by atoms with Gasteiger partial charge in [-0.05, 0) is 39.2 Å². The maximum Gasteiger partial charge on any atom is 0.407 e. The number of benzene rings is 1. The van der Waals surface area contributed by atoms with Crippen LogP contribution >= 0.6 is 15.9 Å². The highest BCUT2D eigenvalue weighted by molar-refractivity contribution is 9.10. The lowest BCUT2D eigenvalue weighted by molar-refractivity contribution is -0.132. The van der Waals surface area contributed by atoms with Gasteiger partial charge in [0, 0.05) is 19.1 Å². The highest BCUT2D eigenvalue weighted by atomic mass is 79.9. The van der Waals surface area contributed by atoms with E-state index in [2.05, 4.69) is 21.2 Å². The summed E-state index contributed by atoms with van der Waals surface area (Å²) in [6.07, 6.45) is -0.476. The molecule has 1 rings (SSSR count). The fourth-order valence-corrected chi connectivity index (χ4v) is 2.67. The summed E-state index contributed by atoms with van der Waals surface area (Å²) < 4.78 is 5.29. The number of amides is 2. The van der Waals surface area contributed by atoms with Crippen LogP contribution in [0.15, 0.2) is 30.3 Å². The van der Waals surface area contributed by atoms with Gasteiger partial charge in [-0.3, -0.25) is 4.79 Å². The predicted octanol–water partition coefficient (Wildman–Crippen LogP) is 4.35. The molecule has 0 heterocycles. The van der Waals surface area contributed by atoms with Crippen molar-refractivity contribution in [2.24, 2.45) is 5.92 Å². The zero-order valence-electron chi connectivity index (χ0n) is 16.6. The molecule has 2 unspecified atom stereocenters. The molecule has 0 spiro atoms. The van der Waals surface area contributed by atoms with Crippen LogP contribution in [0.2, 0.25) is 0 Å². The number of alkyl carbamates (subject to hydrolysis) is 1. The number of hydrogen-bond donors (Lipinski definition) is 1. The zero-order chi connectivity index (χ0) is 19.9. The minimum Gasteiger partial charge on any atom is -0.444 e. The minimum absolute atomic E-state index is 0.0155. The second-order valence-corrected chi connectivity index (χ2v) is 8.88. The Labute approximate surface area is 165 Å². The predicted molar refractivity (Wildman–Crippen MR) is 108 cm³/mol. The van der Waals surface area contributed by atoms with Gasteiger partial charge >= 0.3 is 6.09 Å². The first-order valence-corrected chi connectivity index (χ1v) is 9.87. The number of carbonyl (C=O) groups is 2. The van der Waals surface area contributed by atoms with E-state index in [0.717, 1.165) is 5.56 Å². The third-order valence-electron chi connectivity index (χ3n) is 3.61. The average molecular weight is 427 g/mol. The molecular formula is C20H31BrN2O3. The molecule has 6 heteroatoms. The molecule has 0 aliphatic rings. The second kappa shape index (κ2) is 9.95. The lowest BCUT2D eigenvalue weighted by Gasteiger charge is -2.30. The highest BCUT2D eigenvalue weighted by Crippen LogP contribution is 2.17. The number of alkyl halides is 1. The van der Waals surface area contributed by atoms with Crippen LogP contribution in [-0.4, -0.2) is 39.9 Å². The summed E-state index contributed by atoms with van der Waals surface area (Å²) in [6, 6.07) is 9.60.